The minimum atomic E-state index is -6.40. The van der Waals surface area contributed by atoms with E-state index >= 15 is 0 Å². The molecule has 1 rings (SSSR count). The highest BCUT2D eigenvalue weighted by Gasteiger charge is 2.54. The Labute approximate surface area is 332 Å². The molecule has 0 heterocycles. The van der Waals surface area contributed by atoms with Gasteiger partial charge in [-0.25, -0.2) is 37.6 Å². The van der Waals surface area contributed by atoms with Crippen molar-refractivity contribution in [2.75, 3.05) is 19.8 Å². The molecule has 0 aromatic carbocycles. The van der Waals surface area contributed by atoms with Crippen LogP contribution < -0.4 is 0 Å². The van der Waals surface area contributed by atoms with E-state index in [0.717, 1.165) is 0 Å². The zero-order valence-electron chi connectivity index (χ0n) is 27.2. The molecular formula is C13H26O37S9. The van der Waals surface area contributed by atoms with E-state index in [1.807, 2.05) is 0 Å². The van der Waals surface area contributed by atoms with Crippen LogP contribution in [-0.4, -0.2) is 185 Å². The van der Waals surface area contributed by atoms with Crippen molar-refractivity contribution in [2.45, 2.75) is 55.3 Å². The summed E-state index contributed by atoms with van der Waals surface area (Å²) in [6.45, 7) is -6.21. The van der Waals surface area contributed by atoms with E-state index in [2.05, 4.69) is 37.6 Å². The van der Waals surface area contributed by atoms with Gasteiger partial charge in [-0.05, 0) is 6.42 Å². The topological polar surface area (TPSA) is 582 Å². The second kappa shape index (κ2) is 20.1. The lowest BCUT2D eigenvalue weighted by Crippen LogP contribution is -2.60. The van der Waals surface area contributed by atoms with E-state index in [9.17, 15) is 103 Å². The van der Waals surface area contributed by atoms with Gasteiger partial charge in [0.05, 0.1) is 25.9 Å². The van der Waals surface area contributed by atoms with Crippen molar-refractivity contribution in [1.29, 1.82) is 0 Å². The lowest BCUT2D eigenvalue weighted by atomic mass is 9.81. The normalized spacial score (nSPS) is 24.3. The highest BCUT2D eigenvalue weighted by Crippen LogP contribution is 2.37. The lowest BCUT2D eigenvalue weighted by Gasteiger charge is -2.43. The van der Waals surface area contributed by atoms with Gasteiger partial charge >= 0.3 is 93.6 Å². The van der Waals surface area contributed by atoms with Gasteiger partial charge in [0.25, 0.3) is 0 Å². The summed E-state index contributed by atoms with van der Waals surface area (Å²) in [6, 6.07) is 0. The van der Waals surface area contributed by atoms with Crippen LogP contribution in [0.2, 0.25) is 0 Å². The molecule has 59 heavy (non-hydrogen) atoms. The van der Waals surface area contributed by atoms with Crippen molar-refractivity contribution in [3.05, 3.63) is 0 Å². The molecule has 9 N–H and O–H groups in total. The summed E-state index contributed by atoms with van der Waals surface area (Å²) in [5.74, 6) is -2.39. The van der Waals surface area contributed by atoms with Crippen LogP contribution in [0.3, 0.4) is 0 Å². The number of ether oxygens (including phenoxy) is 1. The summed E-state index contributed by atoms with van der Waals surface area (Å²) < 4.78 is 333. The Bertz CT molecular complexity index is 2470. The highest BCUT2D eigenvalue weighted by molar-refractivity contribution is 7.82. The van der Waals surface area contributed by atoms with E-state index in [4.69, 9.17) is 18.4 Å². The van der Waals surface area contributed by atoms with Crippen LogP contribution in [0.25, 0.3) is 0 Å². The van der Waals surface area contributed by atoms with Crippen molar-refractivity contribution < 1.29 is 159 Å². The maximum Gasteiger partial charge on any atom is 0.397 e. The van der Waals surface area contributed by atoms with Crippen LogP contribution >= 0.6 is 0 Å². The minimum Gasteiger partial charge on any atom is -0.372 e. The molecule has 0 bridgehead atoms. The van der Waals surface area contributed by atoms with Crippen molar-refractivity contribution in [1.82, 2.24) is 0 Å². The van der Waals surface area contributed by atoms with E-state index in [1.54, 1.807) is 0 Å². The Balaban J connectivity index is 4.25. The molecular weight excluding hydrogens is 1040 g/mol. The van der Waals surface area contributed by atoms with Crippen LogP contribution in [0.5, 0.6) is 0 Å². The SMILES string of the molecule is O=S(=O)(O)OC[C@H]1C[C@@H](OC[C@@H](OS(=O)(=O)O)[C@@H](OS(=O)(=O)O)[C@H](OS(=O)(=O)O)[C@@H](COS(=O)(=O)O)OS(=O)(=O)O)[C@H](OS(=O)(=O)O)[C@@H](OS(=O)(=O)O)[C@@H]1OS(=O)(=O)O. The Kier molecular flexibility index (Phi) is 19.0. The Hall–Kier alpha value is -1.21. The smallest absolute Gasteiger partial charge is 0.372 e. The van der Waals surface area contributed by atoms with Gasteiger partial charge in [0.1, 0.15) is 42.7 Å². The summed E-state index contributed by atoms with van der Waals surface area (Å²) >= 11 is 0. The molecule has 0 unspecified atom stereocenters. The summed E-state index contributed by atoms with van der Waals surface area (Å²) in [4.78, 5) is 0. The number of rotatable bonds is 26. The third-order valence-corrected chi connectivity index (χ3v) is 10.2. The van der Waals surface area contributed by atoms with E-state index in [0.29, 0.717) is 0 Å². The highest BCUT2D eigenvalue weighted by atomic mass is 32.3. The maximum atomic E-state index is 11.8. The van der Waals surface area contributed by atoms with Gasteiger partial charge < -0.3 is 4.74 Å². The molecule has 0 radical (unpaired) electrons. The van der Waals surface area contributed by atoms with Crippen molar-refractivity contribution in [3.8, 4) is 0 Å². The van der Waals surface area contributed by atoms with Gasteiger partial charge in [-0.1, -0.05) is 0 Å². The van der Waals surface area contributed by atoms with Crippen LogP contribution in [0.4, 0.5) is 0 Å². The molecule has 9 atom stereocenters. The quantitative estimate of drug-likeness (QED) is 0.0364. The molecule has 0 aliphatic heterocycles. The van der Waals surface area contributed by atoms with Crippen molar-refractivity contribution in [2.24, 2.45) is 5.92 Å². The summed E-state index contributed by atoms with van der Waals surface area (Å²) in [5.41, 5.74) is 0. The molecule has 354 valence electrons. The molecule has 37 nitrogen and oxygen atoms in total. The molecule has 0 aromatic rings. The zero-order valence-corrected chi connectivity index (χ0v) is 34.5. The van der Waals surface area contributed by atoms with Gasteiger partial charge in [-0.3, -0.25) is 41.0 Å². The first-order valence-electron chi connectivity index (χ1n) is 13.3. The van der Waals surface area contributed by atoms with E-state index in [1.165, 1.54) is 0 Å². The Morgan fingerprint density at radius 1 is 0.390 bits per heavy atom. The summed E-state index contributed by atoms with van der Waals surface area (Å²) in [6.07, 6.45) is -28.1. The van der Waals surface area contributed by atoms with Crippen molar-refractivity contribution in [3.63, 3.8) is 0 Å². The van der Waals surface area contributed by atoms with Gasteiger partial charge in [0, 0.05) is 5.92 Å². The Morgan fingerprint density at radius 2 is 0.729 bits per heavy atom. The molecule has 0 saturated heterocycles. The first kappa shape index (κ1) is 55.8. The standard InChI is InChI=1S/C13H26O37S9/c14-51(15,16)42-2-5-1-6(10(47-56(29,30)31)13(50-59(38,39)40)9(5)46-55(26,27)28)41-3-7(44-53(20,21)22)11(48-57(32,33)34)12(49-58(35,36)37)8(45-54(23,24)25)4-43-52(17,18)19/h5-13H,1-4H2,(H,14,15,16)(H,17,18,19)(H,20,21,22)(H,23,24,25)(H,26,27,28)(H,29,30,31)(H,32,33,34)(H,35,36,37)(H,38,39,40)/t5-,6-,7-,8-,9-,10+,11-,12-,13+/m1/s1. The minimum absolute atomic E-state index is 1.51. The van der Waals surface area contributed by atoms with Crippen LogP contribution in [0.1, 0.15) is 6.42 Å². The monoisotopic (exact) mass is 1060 g/mol. The molecule has 46 heteroatoms. The largest absolute Gasteiger partial charge is 0.397 e. The molecule has 1 aliphatic carbocycles. The van der Waals surface area contributed by atoms with Gasteiger partial charge in [0.15, 0.2) is 0 Å². The fourth-order valence-corrected chi connectivity index (χ4v) is 8.69. The van der Waals surface area contributed by atoms with Gasteiger partial charge in [0.2, 0.25) is 0 Å². The predicted molar refractivity (Wildman–Crippen MR) is 168 cm³/mol. The van der Waals surface area contributed by atoms with Crippen LogP contribution in [0, 0.1) is 5.92 Å². The summed E-state index contributed by atoms with van der Waals surface area (Å²) in [5, 5.41) is 0. The molecule has 0 aromatic heterocycles. The maximum absolute atomic E-state index is 11.8. The van der Waals surface area contributed by atoms with Crippen LogP contribution in [-0.2, 0) is 136 Å². The zero-order chi connectivity index (χ0) is 46.6. The lowest BCUT2D eigenvalue weighted by molar-refractivity contribution is -0.169. The first-order valence-corrected chi connectivity index (χ1v) is 25.6. The van der Waals surface area contributed by atoms with E-state index < -0.39 is 175 Å². The average Bonchev–Trinajstić information content (AvgIpc) is 2.92. The molecule has 1 aliphatic rings. The van der Waals surface area contributed by atoms with Gasteiger partial charge in [-0.2, -0.15) is 75.8 Å². The molecule has 0 spiro atoms. The second-order valence-corrected chi connectivity index (χ2v) is 19.9. The second-order valence-electron chi connectivity index (χ2n) is 10.4. The summed E-state index contributed by atoms with van der Waals surface area (Å²) in [7, 11) is -55.0. The molecule has 1 saturated carbocycles. The molecule has 0 amide bonds. The fourth-order valence-electron chi connectivity index (χ4n) is 4.49. The van der Waals surface area contributed by atoms with Gasteiger partial charge in [-0.15, -0.1) is 0 Å². The predicted octanol–water partition coefficient (Wildman–Crippen LogP) is -6.65. The van der Waals surface area contributed by atoms with Crippen molar-refractivity contribution >= 4 is 93.6 Å². The first-order chi connectivity index (χ1) is 25.8. The third kappa shape index (κ3) is 24.9. The third-order valence-electron chi connectivity index (χ3n) is 6.01. The Morgan fingerprint density at radius 3 is 1.07 bits per heavy atom. The fraction of sp³-hybridized carbons (Fsp3) is 1.00. The van der Waals surface area contributed by atoms with E-state index in [-0.39, 0.29) is 0 Å². The number of hydrogen-bond acceptors (Lipinski definition) is 28. The average molecular weight is 1060 g/mol. The number of hydrogen-bond donors (Lipinski definition) is 9. The van der Waals surface area contributed by atoms with Crippen LogP contribution in [0.15, 0.2) is 0 Å². The molecule has 1 fully saturated rings.